The fourth-order valence-electron chi connectivity index (χ4n) is 1.39. The lowest BCUT2D eigenvalue weighted by Gasteiger charge is -2.01. The van der Waals surface area contributed by atoms with Gasteiger partial charge in [-0.3, -0.25) is 4.79 Å². The molecule has 2 aromatic rings. The van der Waals surface area contributed by atoms with E-state index in [1.54, 1.807) is 18.2 Å². The first-order valence-electron chi connectivity index (χ1n) is 4.79. The van der Waals surface area contributed by atoms with Crippen LogP contribution in [0.15, 0.2) is 38.6 Å². The van der Waals surface area contributed by atoms with E-state index in [4.69, 9.17) is 0 Å². The number of hydrogen-bond acceptors (Lipinski definition) is 2. The Hall–Kier alpha value is -0.520. The van der Waals surface area contributed by atoms with Gasteiger partial charge in [-0.05, 0) is 61.7 Å². The highest BCUT2D eigenvalue weighted by Gasteiger charge is 2.10. The molecule has 1 nitrogen and oxygen atoms in total. The lowest BCUT2D eigenvalue weighted by Crippen LogP contribution is -2.01. The van der Waals surface area contributed by atoms with Crippen LogP contribution in [-0.2, 0) is 6.42 Å². The molecule has 17 heavy (non-hydrogen) atoms. The third kappa shape index (κ3) is 3.24. The fraction of sp³-hybridized carbons (Fsp3) is 0.0833. The van der Waals surface area contributed by atoms with Crippen LogP contribution in [0.2, 0.25) is 0 Å². The van der Waals surface area contributed by atoms with E-state index >= 15 is 0 Å². The zero-order valence-electron chi connectivity index (χ0n) is 8.54. The maximum Gasteiger partial charge on any atom is 0.177 e. The van der Waals surface area contributed by atoms with Gasteiger partial charge in [-0.15, -0.1) is 11.3 Å². The second-order valence-corrected chi connectivity index (χ2v) is 6.77. The Balaban J connectivity index is 2.15. The summed E-state index contributed by atoms with van der Waals surface area (Å²) in [6.07, 6.45) is 0.284. The number of benzene rings is 1. The first-order valence-corrected chi connectivity index (χ1v) is 7.19. The van der Waals surface area contributed by atoms with Gasteiger partial charge in [0.1, 0.15) is 5.82 Å². The van der Waals surface area contributed by atoms with Crippen molar-refractivity contribution in [1.29, 1.82) is 0 Å². The molecule has 5 heteroatoms. The third-order valence-corrected chi connectivity index (χ3v) is 4.47. The number of carbonyl (C=O) groups is 1. The molecule has 88 valence electrons. The third-order valence-electron chi connectivity index (χ3n) is 2.20. The molecular weight excluding hydrogens is 371 g/mol. The Morgan fingerprint density at radius 1 is 1.24 bits per heavy atom. The lowest BCUT2D eigenvalue weighted by molar-refractivity contribution is 0.0997. The van der Waals surface area contributed by atoms with Gasteiger partial charge in [0.2, 0.25) is 0 Å². The van der Waals surface area contributed by atoms with E-state index in [0.717, 1.165) is 9.35 Å². The second-order valence-electron chi connectivity index (χ2n) is 3.45. The van der Waals surface area contributed by atoms with Gasteiger partial charge in [0.05, 0.1) is 13.1 Å². The normalized spacial score (nSPS) is 10.5. The molecule has 0 atom stereocenters. The van der Waals surface area contributed by atoms with E-state index in [1.807, 2.05) is 6.07 Å². The number of rotatable bonds is 3. The van der Waals surface area contributed by atoms with Gasteiger partial charge in [-0.25, -0.2) is 4.39 Å². The molecule has 0 spiro atoms. The molecule has 0 unspecified atom stereocenters. The molecule has 0 aliphatic carbocycles. The Bertz CT molecular complexity index is 565. The summed E-state index contributed by atoms with van der Waals surface area (Å²) in [6, 6.07) is 8.25. The molecule has 2 rings (SSSR count). The van der Waals surface area contributed by atoms with Crippen molar-refractivity contribution in [2.75, 3.05) is 0 Å². The molecule has 0 aliphatic rings. The summed E-state index contributed by atoms with van der Waals surface area (Å²) in [5.74, 6) is -0.278. The summed E-state index contributed by atoms with van der Waals surface area (Å²) in [5.41, 5.74) is 0.799. The molecule has 0 N–H and O–H groups in total. The minimum atomic E-state index is -0.319. The van der Waals surface area contributed by atoms with Crippen molar-refractivity contribution in [3.8, 4) is 0 Å². The van der Waals surface area contributed by atoms with Crippen molar-refractivity contribution < 1.29 is 9.18 Å². The van der Waals surface area contributed by atoms with Gasteiger partial charge < -0.3 is 0 Å². The van der Waals surface area contributed by atoms with Crippen LogP contribution in [0.3, 0.4) is 0 Å². The standard InChI is InChI=1S/C12H7Br2FOS/c13-8-5-7(1-2-9(8)15)6-10(16)11-3-4-12(14)17-11/h1-5H,6H2. The smallest absolute Gasteiger partial charge is 0.177 e. The summed E-state index contributed by atoms with van der Waals surface area (Å²) in [5, 5.41) is 0. The number of carbonyl (C=O) groups excluding carboxylic acids is 1. The lowest BCUT2D eigenvalue weighted by atomic mass is 10.1. The van der Waals surface area contributed by atoms with Gasteiger partial charge >= 0.3 is 0 Å². The number of halogens is 3. The molecule has 0 saturated carbocycles. The zero-order valence-corrected chi connectivity index (χ0v) is 12.5. The van der Waals surface area contributed by atoms with Crippen LogP contribution in [-0.4, -0.2) is 5.78 Å². The van der Waals surface area contributed by atoms with Crippen LogP contribution in [0.1, 0.15) is 15.2 Å². The first kappa shape index (κ1) is 12.9. The van der Waals surface area contributed by atoms with Gasteiger partial charge in [0.25, 0.3) is 0 Å². The van der Waals surface area contributed by atoms with Crippen molar-refractivity contribution in [1.82, 2.24) is 0 Å². The quantitative estimate of drug-likeness (QED) is 0.699. The predicted molar refractivity (Wildman–Crippen MR) is 74.2 cm³/mol. The number of thiophene rings is 1. The number of ketones is 1. The van der Waals surface area contributed by atoms with E-state index in [1.165, 1.54) is 17.4 Å². The van der Waals surface area contributed by atoms with Gasteiger partial charge in [-0.1, -0.05) is 6.07 Å². The van der Waals surface area contributed by atoms with Crippen molar-refractivity contribution in [3.05, 3.63) is 54.8 Å². The van der Waals surface area contributed by atoms with E-state index in [2.05, 4.69) is 31.9 Å². The van der Waals surface area contributed by atoms with Crippen LogP contribution in [0, 0.1) is 5.82 Å². The monoisotopic (exact) mass is 376 g/mol. The minimum Gasteiger partial charge on any atom is -0.293 e. The Morgan fingerprint density at radius 3 is 2.59 bits per heavy atom. The van der Waals surface area contributed by atoms with Gasteiger partial charge in [-0.2, -0.15) is 0 Å². The first-order chi connectivity index (χ1) is 8.06. The van der Waals surface area contributed by atoms with Crippen LogP contribution >= 0.6 is 43.2 Å². The minimum absolute atomic E-state index is 0.0409. The maximum atomic E-state index is 13.0. The second kappa shape index (κ2) is 5.42. The topological polar surface area (TPSA) is 17.1 Å². The van der Waals surface area contributed by atoms with E-state index in [0.29, 0.717) is 9.35 Å². The number of Topliss-reactive ketones (excluding diaryl/α,β-unsaturated/α-hetero) is 1. The molecule has 0 radical (unpaired) electrons. The highest BCUT2D eigenvalue weighted by atomic mass is 79.9. The molecule has 0 saturated heterocycles. The van der Waals surface area contributed by atoms with Crippen LogP contribution in [0.25, 0.3) is 0 Å². The highest BCUT2D eigenvalue weighted by molar-refractivity contribution is 9.11. The van der Waals surface area contributed by atoms with Crippen molar-refractivity contribution in [3.63, 3.8) is 0 Å². The van der Waals surface area contributed by atoms with Gasteiger partial charge in [0.15, 0.2) is 5.78 Å². The summed E-state index contributed by atoms with van der Waals surface area (Å²) >= 11 is 7.83. The highest BCUT2D eigenvalue weighted by Crippen LogP contribution is 2.24. The van der Waals surface area contributed by atoms with Crippen LogP contribution < -0.4 is 0 Å². The largest absolute Gasteiger partial charge is 0.293 e. The average molecular weight is 378 g/mol. The molecule has 0 bridgehead atoms. The molecule has 0 aliphatic heterocycles. The van der Waals surface area contributed by atoms with E-state index in [-0.39, 0.29) is 18.0 Å². The molecule has 1 aromatic heterocycles. The van der Waals surface area contributed by atoms with Crippen LogP contribution in [0.4, 0.5) is 4.39 Å². The molecule has 1 aromatic carbocycles. The molecular formula is C12H7Br2FOS. The Labute approximate surface area is 119 Å². The predicted octanol–water partition coefficient (Wildman–Crippen LogP) is 4.84. The molecule has 1 heterocycles. The molecule has 0 amide bonds. The Kier molecular flexibility index (Phi) is 4.12. The summed E-state index contributed by atoms with van der Waals surface area (Å²) in [7, 11) is 0. The summed E-state index contributed by atoms with van der Waals surface area (Å²) < 4.78 is 14.3. The van der Waals surface area contributed by atoms with E-state index in [9.17, 15) is 9.18 Å². The summed E-state index contributed by atoms with van der Waals surface area (Å²) in [6.45, 7) is 0. The average Bonchev–Trinajstić information content (AvgIpc) is 2.70. The molecule has 0 fully saturated rings. The summed E-state index contributed by atoms with van der Waals surface area (Å²) in [4.78, 5) is 12.6. The SMILES string of the molecule is O=C(Cc1ccc(F)c(Br)c1)c1ccc(Br)s1. The zero-order chi connectivity index (χ0) is 12.4. The fourth-order valence-corrected chi connectivity index (χ4v) is 3.14. The van der Waals surface area contributed by atoms with Gasteiger partial charge in [0, 0.05) is 6.42 Å². The number of hydrogen-bond donors (Lipinski definition) is 0. The maximum absolute atomic E-state index is 13.0. The van der Waals surface area contributed by atoms with Crippen molar-refractivity contribution in [2.24, 2.45) is 0 Å². The van der Waals surface area contributed by atoms with E-state index < -0.39 is 0 Å². The van der Waals surface area contributed by atoms with Crippen molar-refractivity contribution >= 4 is 49.0 Å². The Morgan fingerprint density at radius 2 is 2.00 bits per heavy atom. The van der Waals surface area contributed by atoms with Crippen LogP contribution in [0.5, 0.6) is 0 Å². The van der Waals surface area contributed by atoms with Crippen molar-refractivity contribution in [2.45, 2.75) is 6.42 Å².